The highest BCUT2D eigenvalue weighted by Crippen LogP contribution is 2.35. The van der Waals surface area contributed by atoms with E-state index in [4.69, 9.17) is 19.2 Å². The van der Waals surface area contributed by atoms with Crippen LogP contribution in [0.5, 0.6) is 0 Å². The van der Waals surface area contributed by atoms with Gasteiger partial charge in [0.15, 0.2) is 0 Å². The van der Waals surface area contributed by atoms with Crippen LogP contribution in [0.25, 0.3) is 11.3 Å². The quantitative estimate of drug-likeness (QED) is 0.251. The van der Waals surface area contributed by atoms with Gasteiger partial charge in [-0.25, -0.2) is 14.6 Å². The van der Waals surface area contributed by atoms with Crippen molar-refractivity contribution in [1.29, 1.82) is 0 Å². The Bertz CT molecular complexity index is 1250. The number of nitrogens with one attached hydrogen (secondary N) is 3. The molecule has 11 nitrogen and oxygen atoms in total. The summed E-state index contributed by atoms with van der Waals surface area (Å²) < 4.78 is 18.4. The first kappa shape index (κ1) is 32.1. The number of nitrogens with zero attached hydrogens (tertiary/aromatic N) is 2. The van der Waals surface area contributed by atoms with Crippen molar-refractivity contribution >= 4 is 37.5 Å². The molecule has 0 radical (unpaired) electrons. The van der Waals surface area contributed by atoms with Crippen molar-refractivity contribution in [3.05, 3.63) is 29.7 Å². The number of anilines is 2. The number of rotatable bonds is 7. The molecule has 1 atom stereocenters. The van der Waals surface area contributed by atoms with Gasteiger partial charge in [-0.1, -0.05) is 26.1 Å². The van der Waals surface area contributed by atoms with Crippen LogP contribution in [0.2, 0.25) is 25.7 Å². The highest BCUT2D eigenvalue weighted by molar-refractivity contribution is 6.76. The number of hydrogen-bond acceptors (Lipinski definition) is 7. The Morgan fingerprint density at radius 1 is 1.17 bits per heavy atom. The van der Waals surface area contributed by atoms with Crippen molar-refractivity contribution in [2.75, 3.05) is 24.4 Å². The molecule has 3 rings (SSSR count). The third-order valence-electron chi connectivity index (χ3n) is 6.60. The van der Waals surface area contributed by atoms with Crippen molar-refractivity contribution in [2.45, 2.75) is 97.4 Å². The first-order chi connectivity index (χ1) is 19.2. The lowest BCUT2D eigenvalue weighted by molar-refractivity contribution is -0.116. The van der Waals surface area contributed by atoms with Crippen LogP contribution in [0.15, 0.2) is 18.2 Å². The highest BCUT2D eigenvalue weighted by Gasteiger charge is 2.28. The predicted octanol–water partition coefficient (Wildman–Crippen LogP) is 6.43. The van der Waals surface area contributed by atoms with Crippen molar-refractivity contribution < 1.29 is 28.6 Å². The van der Waals surface area contributed by atoms with Gasteiger partial charge in [-0.15, -0.1) is 0 Å². The molecule has 0 fully saturated rings. The van der Waals surface area contributed by atoms with E-state index in [1.165, 1.54) is 7.11 Å². The summed E-state index contributed by atoms with van der Waals surface area (Å²) in [7, 11) is -0.00108. The standard InChI is InChI=1S/C29H45N5O6Si/c1-19-25-21-14-13-20(30-27(36)38-5)17-23(21)31-24(35)12-10-9-11-22(32-28(37)40-29(2,3)4)26(33-25)34(19)18-39-15-16-41(6,7)8/h13-14,17,22H,9-12,15-16,18H2,1-8H3,(H,30,36)(H,31,35)(H,32,37)/t22-/m0/s1. The molecular formula is C29H45N5O6Si. The molecule has 226 valence electrons. The maximum absolute atomic E-state index is 12.9. The van der Waals surface area contributed by atoms with Crippen LogP contribution in [0.3, 0.4) is 0 Å². The van der Waals surface area contributed by atoms with Gasteiger partial charge in [-0.3, -0.25) is 10.1 Å². The number of benzene rings is 1. The molecule has 1 aromatic carbocycles. The molecule has 1 aliphatic rings. The topological polar surface area (TPSA) is 133 Å². The molecule has 0 saturated carbocycles. The third kappa shape index (κ3) is 9.60. The third-order valence-corrected chi connectivity index (χ3v) is 8.30. The molecule has 2 bridgehead atoms. The summed E-state index contributed by atoms with van der Waals surface area (Å²) in [5.41, 5.74) is 2.49. The minimum atomic E-state index is -1.29. The number of amides is 3. The Balaban J connectivity index is 2.09. The Kier molecular flexibility index (Phi) is 10.6. The number of fused-ring (bicyclic) bond motifs is 4. The van der Waals surface area contributed by atoms with E-state index < -0.39 is 31.9 Å². The number of alkyl carbamates (subject to hydrolysis) is 1. The van der Waals surface area contributed by atoms with Crippen LogP contribution >= 0.6 is 0 Å². The number of carbonyl (C=O) groups excluding carboxylic acids is 3. The smallest absolute Gasteiger partial charge is 0.411 e. The van der Waals surface area contributed by atoms with Gasteiger partial charge in [0, 0.05) is 38.0 Å². The van der Waals surface area contributed by atoms with Crippen LogP contribution < -0.4 is 16.0 Å². The van der Waals surface area contributed by atoms with E-state index in [1.54, 1.807) is 18.2 Å². The minimum Gasteiger partial charge on any atom is -0.453 e. The van der Waals surface area contributed by atoms with Gasteiger partial charge in [-0.05, 0) is 64.8 Å². The molecule has 12 heteroatoms. The van der Waals surface area contributed by atoms with E-state index in [9.17, 15) is 14.4 Å². The van der Waals surface area contributed by atoms with Gasteiger partial charge < -0.3 is 29.4 Å². The maximum atomic E-state index is 12.9. The molecule has 1 aliphatic heterocycles. The van der Waals surface area contributed by atoms with Crippen LogP contribution in [-0.2, 0) is 25.7 Å². The molecule has 0 saturated heterocycles. The number of ether oxygens (including phenoxy) is 3. The first-order valence-electron chi connectivity index (χ1n) is 14.1. The zero-order chi connectivity index (χ0) is 30.4. The molecule has 0 unspecified atom stereocenters. The van der Waals surface area contributed by atoms with Gasteiger partial charge >= 0.3 is 12.2 Å². The van der Waals surface area contributed by atoms with Crippen LogP contribution in [0.4, 0.5) is 21.0 Å². The fourth-order valence-corrected chi connectivity index (χ4v) is 5.19. The molecule has 0 spiro atoms. The minimum absolute atomic E-state index is 0.148. The lowest BCUT2D eigenvalue weighted by atomic mass is 10.0. The molecule has 41 heavy (non-hydrogen) atoms. The summed E-state index contributed by atoms with van der Waals surface area (Å²) in [5, 5.41) is 8.67. The second kappa shape index (κ2) is 13.5. The molecule has 2 heterocycles. The zero-order valence-corrected chi connectivity index (χ0v) is 26.6. The Hall–Kier alpha value is -3.38. The fourth-order valence-electron chi connectivity index (χ4n) is 4.44. The second-order valence-electron chi connectivity index (χ2n) is 12.5. The average molecular weight is 588 g/mol. The van der Waals surface area contributed by atoms with E-state index in [0.717, 1.165) is 11.7 Å². The van der Waals surface area contributed by atoms with Gasteiger partial charge in [0.1, 0.15) is 18.2 Å². The molecule has 0 aliphatic carbocycles. The van der Waals surface area contributed by atoms with E-state index in [1.807, 2.05) is 32.3 Å². The molecule has 2 aromatic rings. The average Bonchev–Trinajstić information content (AvgIpc) is 3.17. The van der Waals surface area contributed by atoms with Gasteiger partial charge in [0.05, 0.1) is 24.5 Å². The van der Waals surface area contributed by atoms with E-state index in [0.29, 0.717) is 60.7 Å². The van der Waals surface area contributed by atoms with Gasteiger partial charge in [0.25, 0.3) is 0 Å². The Labute approximate surface area is 243 Å². The van der Waals surface area contributed by atoms with Crippen LogP contribution in [-0.4, -0.2) is 55.0 Å². The van der Waals surface area contributed by atoms with Crippen molar-refractivity contribution in [3.8, 4) is 11.3 Å². The van der Waals surface area contributed by atoms with Gasteiger partial charge in [-0.2, -0.15) is 0 Å². The first-order valence-corrected chi connectivity index (χ1v) is 17.8. The predicted molar refractivity (Wildman–Crippen MR) is 162 cm³/mol. The van der Waals surface area contributed by atoms with E-state index >= 15 is 0 Å². The van der Waals surface area contributed by atoms with Gasteiger partial charge in [0.2, 0.25) is 5.91 Å². The molecular weight excluding hydrogens is 542 g/mol. The number of aromatic nitrogens is 2. The summed E-state index contributed by atoms with van der Waals surface area (Å²) in [4.78, 5) is 42.6. The SMILES string of the molecule is COC(=O)Nc1ccc2c(c1)NC(=O)CCCC[C@H](NC(=O)OC(C)(C)C)c1nc-2c(C)n1COCC[Si](C)(C)C. The van der Waals surface area contributed by atoms with Crippen LogP contribution in [0.1, 0.15) is 64.0 Å². The lowest BCUT2D eigenvalue weighted by Crippen LogP contribution is -2.36. The summed E-state index contributed by atoms with van der Waals surface area (Å²) >= 11 is 0. The van der Waals surface area contributed by atoms with E-state index in [2.05, 4.69) is 35.6 Å². The highest BCUT2D eigenvalue weighted by atomic mass is 28.3. The molecule has 3 amide bonds. The summed E-state index contributed by atoms with van der Waals surface area (Å²) in [5.74, 6) is 0.511. The second-order valence-corrected chi connectivity index (χ2v) is 18.2. The lowest BCUT2D eigenvalue weighted by Gasteiger charge is -2.24. The Morgan fingerprint density at radius 2 is 1.90 bits per heavy atom. The molecule has 3 N–H and O–H groups in total. The Morgan fingerprint density at radius 3 is 2.56 bits per heavy atom. The molecule has 1 aromatic heterocycles. The van der Waals surface area contributed by atoms with Crippen molar-refractivity contribution in [1.82, 2.24) is 14.9 Å². The summed E-state index contributed by atoms with van der Waals surface area (Å²) in [6.07, 6.45) is 1.04. The largest absolute Gasteiger partial charge is 0.453 e. The maximum Gasteiger partial charge on any atom is 0.411 e. The monoisotopic (exact) mass is 587 g/mol. The van der Waals surface area contributed by atoms with Crippen molar-refractivity contribution in [2.24, 2.45) is 0 Å². The number of hydrogen-bond donors (Lipinski definition) is 3. The van der Waals surface area contributed by atoms with Crippen molar-refractivity contribution in [3.63, 3.8) is 0 Å². The van der Waals surface area contributed by atoms with E-state index in [-0.39, 0.29) is 12.6 Å². The summed E-state index contributed by atoms with van der Waals surface area (Å²) in [6, 6.07) is 5.79. The fraction of sp³-hybridized carbons (Fsp3) is 0.586. The van der Waals surface area contributed by atoms with Crippen LogP contribution in [0, 0.1) is 6.92 Å². The summed E-state index contributed by atoms with van der Waals surface area (Å²) in [6.45, 7) is 15.2. The zero-order valence-electron chi connectivity index (χ0n) is 25.6. The number of imidazole rings is 1. The normalized spacial score (nSPS) is 16.0. The number of methoxy groups -OCH3 is 1. The number of carbonyl (C=O) groups is 3.